The van der Waals surface area contributed by atoms with E-state index in [9.17, 15) is 13.2 Å². The van der Waals surface area contributed by atoms with Gasteiger partial charge in [-0.15, -0.1) is 0 Å². The van der Waals surface area contributed by atoms with Gasteiger partial charge in [0, 0.05) is 0 Å². The minimum absolute atomic E-state index is 0.211. The van der Waals surface area contributed by atoms with E-state index in [0.29, 0.717) is 5.56 Å². The molecular weight excluding hydrogens is 230 g/mol. The zero-order valence-corrected chi connectivity index (χ0v) is 9.82. The molecule has 0 saturated carbocycles. The van der Waals surface area contributed by atoms with Crippen LogP contribution in [0.25, 0.3) is 0 Å². The number of rotatable bonds is 4. The minimum atomic E-state index is -3.52. The maximum absolute atomic E-state index is 10.9. The van der Waals surface area contributed by atoms with E-state index in [1.807, 2.05) is 0 Å². The zero-order valence-electron chi connectivity index (χ0n) is 9.01. The fourth-order valence-electron chi connectivity index (χ4n) is 1.15. The van der Waals surface area contributed by atoms with Crippen LogP contribution in [0.4, 0.5) is 0 Å². The van der Waals surface area contributed by atoms with Crippen LogP contribution in [0, 0.1) is 0 Å². The summed E-state index contributed by atoms with van der Waals surface area (Å²) in [7, 11) is -3.52. The van der Waals surface area contributed by atoms with Crippen LogP contribution in [0.2, 0.25) is 0 Å². The van der Waals surface area contributed by atoms with Crippen molar-refractivity contribution in [2.75, 3.05) is 6.26 Å². The molecule has 1 aromatic carbocycles. The fraction of sp³-hybridized carbons (Fsp3) is 0.300. The number of hydrogen-bond acceptors (Lipinski definition) is 4. The van der Waals surface area contributed by atoms with Gasteiger partial charge in [0.1, 0.15) is 5.75 Å². The first kappa shape index (κ1) is 12.5. The highest BCUT2D eigenvalue weighted by Gasteiger charge is 2.12. The van der Waals surface area contributed by atoms with Crippen molar-refractivity contribution < 1.29 is 17.4 Å². The second-order valence-electron chi connectivity index (χ2n) is 3.48. The molecule has 16 heavy (non-hydrogen) atoms. The number of primary amides is 1. The van der Waals surface area contributed by atoms with Crippen molar-refractivity contribution in [2.45, 2.75) is 12.8 Å². The molecule has 1 atom stereocenters. The predicted molar refractivity (Wildman–Crippen MR) is 59.5 cm³/mol. The summed E-state index contributed by atoms with van der Waals surface area (Å²) in [6.45, 7) is 1.68. The number of amides is 1. The summed E-state index contributed by atoms with van der Waals surface area (Å²) in [4.78, 5) is 10.9. The van der Waals surface area contributed by atoms with Crippen LogP contribution in [0.5, 0.6) is 5.75 Å². The van der Waals surface area contributed by atoms with Gasteiger partial charge in [-0.25, -0.2) is 0 Å². The standard InChI is InChI=1S/C10H13NO4S/c1-7(10(11)12)8-3-5-9(6-4-8)15-16(2,13)14/h3-7H,1-2H3,(H2,11,12)/t7-/m1/s1. The van der Waals surface area contributed by atoms with Gasteiger partial charge in [0.15, 0.2) is 0 Å². The van der Waals surface area contributed by atoms with E-state index in [1.165, 1.54) is 12.1 Å². The van der Waals surface area contributed by atoms with Gasteiger partial charge in [-0.2, -0.15) is 8.42 Å². The van der Waals surface area contributed by atoms with Gasteiger partial charge in [0.25, 0.3) is 0 Å². The van der Waals surface area contributed by atoms with E-state index in [0.717, 1.165) is 6.26 Å². The molecule has 1 aromatic rings. The molecule has 0 bridgehead atoms. The summed E-state index contributed by atoms with van der Waals surface area (Å²) in [5.74, 6) is -0.632. The molecule has 0 aliphatic heterocycles. The number of benzene rings is 1. The van der Waals surface area contributed by atoms with Crippen molar-refractivity contribution in [3.05, 3.63) is 29.8 Å². The lowest BCUT2D eigenvalue weighted by molar-refractivity contribution is -0.119. The third-order valence-corrected chi connectivity index (χ3v) is 2.55. The molecule has 2 N–H and O–H groups in total. The normalized spacial score (nSPS) is 13.1. The Morgan fingerprint density at radius 1 is 1.31 bits per heavy atom. The molecule has 0 fully saturated rings. The maximum Gasteiger partial charge on any atom is 0.306 e. The molecule has 0 heterocycles. The van der Waals surface area contributed by atoms with Crippen molar-refractivity contribution in [1.29, 1.82) is 0 Å². The highest BCUT2D eigenvalue weighted by Crippen LogP contribution is 2.19. The molecule has 88 valence electrons. The van der Waals surface area contributed by atoms with Gasteiger partial charge in [-0.05, 0) is 24.6 Å². The first-order valence-corrected chi connectivity index (χ1v) is 6.40. The number of hydrogen-bond donors (Lipinski definition) is 1. The molecule has 0 saturated heterocycles. The summed E-state index contributed by atoms with van der Waals surface area (Å²) >= 11 is 0. The quantitative estimate of drug-likeness (QED) is 0.785. The third kappa shape index (κ3) is 3.54. The van der Waals surface area contributed by atoms with E-state index in [4.69, 9.17) is 5.73 Å². The topological polar surface area (TPSA) is 86.5 Å². The second-order valence-corrected chi connectivity index (χ2v) is 5.06. The van der Waals surface area contributed by atoms with Crippen LogP contribution < -0.4 is 9.92 Å². The van der Waals surface area contributed by atoms with Crippen LogP contribution >= 0.6 is 0 Å². The molecule has 6 heteroatoms. The maximum atomic E-state index is 10.9. The fourth-order valence-corrected chi connectivity index (χ4v) is 1.61. The summed E-state index contributed by atoms with van der Waals surface area (Å²) in [6.07, 6.45) is 0.965. The number of carbonyl (C=O) groups is 1. The van der Waals surface area contributed by atoms with E-state index in [1.54, 1.807) is 19.1 Å². The Hall–Kier alpha value is -1.56. The molecule has 0 unspecified atom stereocenters. The average Bonchev–Trinajstić information content (AvgIpc) is 2.15. The summed E-state index contributed by atoms with van der Waals surface area (Å²) in [5, 5.41) is 0. The number of carbonyl (C=O) groups excluding carboxylic acids is 1. The van der Waals surface area contributed by atoms with Gasteiger partial charge in [-0.1, -0.05) is 12.1 Å². The Morgan fingerprint density at radius 2 is 1.81 bits per heavy atom. The van der Waals surface area contributed by atoms with Gasteiger partial charge in [0.2, 0.25) is 5.91 Å². The van der Waals surface area contributed by atoms with E-state index in [-0.39, 0.29) is 5.75 Å². The molecule has 0 aromatic heterocycles. The van der Waals surface area contributed by atoms with Gasteiger partial charge >= 0.3 is 10.1 Å². The zero-order chi connectivity index (χ0) is 12.3. The van der Waals surface area contributed by atoms with Crippen LogP contribution in [-0.2, 0) is 14.9 Å². The summed E-state index contributed by atoms with van der Waals surface area (Å²) in [6, 6.07) is 6.18. The van der Waals surface area contributed by atoms with Gasteiger partial charge in [-0.3, -0.25) is 4.79 Å². The largest absolute Gasteiger partial charge is 0.383 e. The Morgan fingerprint density at radius 3 is 2.19 bits per heavy atom. The first-order chi connectivity index (χ1) is 7.29. The summed E-state index contributed by atoms with van der Waals surface area (Å²) < 4.78 is 26.3. The Bertz CT molecular complexity index is 478. The Balaban J connectivity index is 2.87. The molecular formula is C10H13NO4S. The second kappa shape index (κ2) is 4.52. The lowest BCUT2D eigenvalue weighted by atomic mass is 10.0. The van der Waals surface area contributed by atoms with Crippen LogP contribution in [0.1, 0.15) is 18.4 Å². The van der Waals surface area contributed by atoms with E-state index < -0.39 is 21.9 Å². The Kier molecular flexibility index (Phi) is 3.54. The van der Waals surface area contributed by atoms with Gasteiger partial charge < -0.3 is 9.92 Å². The average molecular weight is 243 g/mol. The highest BCUT2D eigenvalue weighted by atomic mass is 32.2. The van der Waals surface area contributed by atoms with Crippen LogP contribution in [0.15, 0.2) is 24.3 Å². The van der Waals surface area contributed by atoms with Crippen molar-refractivity contribution >= 4 is 16.0 Å². The molecule has 0 aliphatic carbocycles. The van der Waals surface area contributed by atoms with Crippen molar-refractivity contribution in [3.8, 4) is 5.75 Å². The molecule has 0 spiro atoms. The monoisotopic (exact) mass is 243 g/mol. The first-order valence-electron chi connectivity index (χ1n) is 4.58. The molecule has 1 rings (SSSR count). The van der Waals surface area contributed by atoms with Crippen molar-refractivity contribution in [2.24, 2.45) is 5.73 Å². The lowest BCUT2D eigenvalue weighted by Gasteiger charge is -2.08. The van der Waals surface area contributed by atoms with Crippen molar-refractivity contribution in [1.82, 2.24) is 0 Å². The van der Waals surface area contributed by atoms with E-state index in [2.05, 4.69) is 4.18 Å². The predicted octanol–water partition coefficient (Wildman–Crippen LogP) is 0.614. The minimum Gasteiger partial charge on any atom is -0.383 e. The smallest absolute Gasteiger partial charge is 0.306 e. The lowest BCUT2D eigenvalue weighted by Crippen LogP contribution is -2.18. The van der Waals surface area contributed by atoms with Gasteiger partial charge in [0.05, 0.1) is 12.2 Å². The molecule has 0 aliphatic rings. The molecule has 0 radical (unpaired) electrons. The number of nitrogens with two attached hydrogens (primary N) is 1. The molecule has 5 nitrogen and oxygen atoms in total. The third-order valence-electron chi connectivity index (χ3n) is 2.05. The molecule has 1 amide bonds. The Labute approximate surface area is 94.3 Å². The highest BCUT2D eigenvalue weighted by molar-refractivity contribution is 7.86. The SMILES string of the molecule is C[C@@H](C(N)=O)c1ccc(OS(C)(=O)=O)cc1. The van der Waals surface area contributed by atoms with Crippen LogP contribution in [-0.4, -0.2) is 20.6 Å². The summed E-state index contributed by atoms with van der Waals surface area (Å²) in [5.41, 5.74) is 5.86. The van der Waals surface area contributed by atoms with E-state index >= 15 is 0 Å². The van der Waals surface area contributed by atoms with Crippen LogP contribution in [0.3, 0.4) is 0 Å². The van der Waals surface area contributed by atoms with Crippen molar-refractivity contribution in [3.63, 3.8) is 0 Å².